The van der Waals surface area contributed by atoms with Crippen LogP contribution in [-0.2, 0) is 10.8 Å². The molecule has 1 aromatic heterocycles. The molecule has 0 spiro atoms. The van der Waals surface area contributed by atoms with Gasteiger partial charge in [0.15, 0.2) is 0 Å². The first-order valence-electron chi connectivity index (χ1n) is 27.3. The van der Waals surface area contributed by atoms with E-state index in [1.54, 1.807) is 17.4 Å². The van der Waals surface area contributed by atoms with E-state index in [-0.39, 0.29) is 16.6 Å². The predicted octanol–water partition coefficient (Wildman–Crippen LogP) is 18.7. The Balaban J connectivity index is 1.18. The molecule has 12 rings (SSSR count). The highest BCUT2D eigenvalue weighted by atomic mass is 32.1. The zero-order valence-corrected chi connectivity index (χ0v) is 47.1. The van der Waals surface area contributed by atoms with Gasteiger partial charge in [0, 0.05) is 20.9 Å². The Labute approximate surface area is 479 Å². The SMILES string of the molecule is C=Cc1ccccc1C(=C(C#N)C#N)/C(C)=C/c1ccc2c(c1)C(C1=CCC(C)(C)C=C1)(c1ccc(C)cc1)c1cc3c(cc1-2)C(c1ccc(C)cc1)(c1ccc(C)cc1)c1cc(/C=C2\C(=C)c4ccccc4C2=C(C#N)C#N)sc1-3. The van der Waals surface area contributed by atoms with E-state index in [4.69, 9.17) is 0 Å². The van der Waals surface area contributed by atoms with Crippen molar-refractivity contribution in [2.24, 2.45) is 5.41 Å². The minimum Gasteiger partial charge on any atom is -0.192 e. The van der Waals surface area contributed by atoms with Gasteiger partial charge in [-0.2, -0.15) is 21.0 Å². The monoisotopic (exact) mass is 1060 g/mol. The van der Waals surface area contributed by atoms with Crippen LogP contribution in [0.15, 0.2) is 217 Å². The van der Waals surface area contributed by atoms with Crippen molar-refractivity contribution < 1.29 is 0 Å². The number of nitrogens with zero attached hydrogens (tertiary/aromatic N) is 4. The highest BCUT2D eigenvalue weighted by Crippen LogP contribution is 2.65. The van der Waals surface area contributed by atoms with E-state index in [0.717, 1.165) is 99.7 Å². The second-order valence-electron chi connectivity index (χ2n) is 22.6. The molecule has 4 nitrogen and oxygen atoms in total. The number of allylic oxidation sites excluding steroid dienone is 11. The van der Waals surface area contributed by atoms with Crippen LogP contribution >= 0.6 is 11.3 Å². The van der Waals surface area contributed by atoms with Crippen LogP contribution in [0.4, 0.5) is 0 Å². The summed E-state index contributed by atoms with van der Waals surface area (Å²) < 4.78 is 0. The number of nitriles is 4. The fraction of sp³-hybridized carbons (Fsp3) is 0.132. The van der Waals surface area contributed by atoms with Crippen molar-refractivity contribution in [2.75, 3.05) is 0 Å². The summed E-state index contributed by atoms with van der Waals surface area (Å²) in [7, 11) is 0. The van der Waals surface area contributed by atoms with Crippen LogP contribution in [0.5, 0.6) is 0 Å². The van der Waals surface area contributed by atoms with Crippen LogP contribution in [0.3, 0.4) is 0 Å². The molecule has 0 radical (unpaired) electrons. The molecule has 1 unspecified atom stereocenters. The summed E-state index contributed by atoms with van der Waals surface area (Å²) >= 11 is 1.74. The van der Waals surface area contributed by atoms with Crippen molar-refractivity contribution in [1.82, 2.24) is 0 Å². The van der Waals surface area contributed by atoms with E-state index >= 15 is 0 Å². The van der Waals surface area contributed by atoms with Crippen molar-refractivity contribution in [2.45, 2.75) is 58.8 Å². The number of benzene rings is 7. The van der Waals surface area contributed by atoms with Gasteiger partial charge in [-0.1, -0.05) is 208 Å². The van der Waals surface area contributed by atoms with Gasteiger partial charge in [0.1, 0.15) is 35.4 Å². The maximum Gasteiger partial charge on any atom is 0.138 e. The Morgan fingerprint density at radius 1 is 0.593 bits per heavy atom. The van der Waals surface area contributed by atoms with Gasteiger partial charge in [0.25, 0.3) is 0 Å². The lowest BCUT2D eigenvalue weighted by molar-refractivity contribution is 0.477. The first kappa shape index (κ1) is 51.9. The summed E-state index contributed by atoms with van der Waals surface area (Å²) in [6.07, 6.45) is 14.1. The van der Waals surface area contributed by atoms with E-state index in [1.807, 2.05) is 55.5 Å². The summed E-state index contributed by atoms with van der Waals surface area (Å²) in [5.74, 6) is 0. The Morgan fingerprint density at radius 3 is 1.75 bits per heavy atom. The molecule has 1 heterocycles. The van der Waals surface area contributed by atoms with Crippen molar-refractivity contribution in [3.05, 3.63) is 305 Å². The number of hydrogen-bond acceptors (Lipinski definition) is 5. The van der Waals surface area contributed by atoms with Gasteiger partial charge in [-0.3, -0.25) is 0 Å². The molecule has 0 N–H and O–H groups in total. The van der Waals surface area contributed by atoms with E-state index in [1.165, 1.54) is 39.0 Å². The average molecular weight is 1060 g/mol. The molecular weight excluding hydrogens is 1000 g/mol. The van der Waals surface area contributed by atoms with Gasteiger partial charge >= 0.3 is 0 Å². The molecule has 0 bridgehead atoms. The highest BCUT2D eigenvalue weighted by molar-refractivity contribution is 7.16. The van der Waals surface area contributed by atoms with Crippen molar-refractivity contribution in [3.8, 4) is 45.8 Å². The van der Waals surface area contributed by atoms with E-state index in [2.05, 4.69) is 212 Å². The molecule has 0 amide bonds. The Hall–Kier alpha value is -9.88. The molecule has 0 aliphatic heterocycles. The fourth-order valence-corrected chi connectivity index (χ4v) is 14.4. The molecule has 4 aliphatic carbocycles. The number of thiophene rings is 1. The lowest BCUT2D eigenvalue weighted by Crippen LogP contribution is -2.31. The third kappa shape index (κ3) is 8.04. The summed E-state index contributed by atoms with van der Waals surface area (Å²) in [5.41, 5.74) is 22.7. The van der Waals surface area contributed by atoms with Gasteiger partial charge in [0.05, 0.1) is 10.8 Å². The lowest BCUT2D eigenvalue weighted by atomic mass is 9.64. The molecule has 5 heteroatoms. The first-order chi connectivity index (χ1) is 39.2. The summed E-state index contributed by atoms with van der Waals surface area (Å²) in [4.78, 5) is 2.15. The van der Waals surface area contributed by atoms with Gasteiger partial charge in [0.2, 0.25) is 0 Å². The number of hydrogen-bond donors (Lipinski definition) is 0. The fourth-order valence-electron chi connectivity index (χ4n) is 13.2. The molecule has 0 saturated heterocycles. The molecular formula is C76H56N4S. The third-order valence-corrected chi connectivity index (χ3v) is 18.2. The van der Waals surface area contributed by atoms with E-state index in [9.17, 15) is 21.0 Å². The predicted molar refractivity (Wildman–Crippen MR) is 333 cm³/mol. The maximum absolute atomic E-state index is 10.4. The minimum atomic E-state index is -0.782. The van der Waals surface area contributed by atoms with Crippen LogP contribution in [0, 0.1) is 71.5 Å². The smallest absolute Gasteiger partial charge is 0.138 e. The largest absolute Gasteiger partial charge is 0.192 e. The van der Waals surface area contributed by atoms with Crippen LogP contribution in [-0.4, -0.2) is 0 Å². The van der Waals surface area contributed by atoms with Crippen LogP contribution < -0.4 is 0 Å². The molecule has 81 heavy (non-hydrogen) atoms. The van der Waals surface area contributed by atoms with Gasteiger partial charge in [-0.05, 0) is 176 Å². The summed E-state index contributed by atoms with van der Waals surface area (Å²) in [6.45, 7) is 21.6. The third-order valence-electron chi connectivity index (χ3n) is 17.1. The Morgan fingerprint density at radius 2 is 1.16 bits per heavy atom. The minimum absolute atomic E-state index is 0.0393. The van der Waals surface area contributed by atoms with Crippen LogP contribution in [0.2, 0.25) is 0 Å². The maximum atomic E-state index is 10.4. The number of aryl methyl sites for hydroxylation is 3. The standard InChI is InChI=1S/C76H56N4S/c1-9-52-14-10-11-16-61(52)71(53(42-77)43-78)49(5)36-51-24-31-62-65-40-69-66(41-68(65)75(67(62)37-51,55-25-18-46(2)19-26-55)58-32-34-74(7,8)35-33-58)73-70(76(69,56-27-20-47(3)21-28-56)57-29-22-48(4)23-30-57)39-59(81-73)38-64-50(6)60-15-12-13-17-63(60)72(64)54(44-79)45-80/h9-34,36-41H,1,6,35H2,2-5,7-8H3/b49-36+,64-38+. The topological polar surface area (TPSA) is 95.2 Å². The molecule has 0 fully saturated rings. The zero-order valence-electron chi connectivity index (χ0n) is 46.3. The molecule has 8 aromatic rings. The second kappa shape index (κ2) is 19.8. The van der Waals surface area contributed by atoms with Gasteiger partial charge < -0.3 is 0 Å². The molecule has 1 atom stereocenters. The quantitative estimate of drug-likeness (QED) is 0.106. The molecule has 7 aromatic carbocycles. The highest BCUT2D eigenvalue weighted by Gasteiger charge is 2.53. The van der Waals surface area contributed by atoms with E-state index in [0.29, 0.717) is 11.1 Å². The van der Waals surface area contributed by atoms with Crippen LogP contribution in [0.25, 0.3) is 56.5 Å². The van der Waals surface area contributed by atoms with Crippen molar-refractivity contribution in [1.29, 1.82) is 21.0 Å². The number of fused-ring (bicyclic) bond motifs is 7. The van der Waals surface area contributed by atoms with Gasteiger partial charge in [-0.15, -0.1) is 11.3 Å². The first-order valence-corrected chi connectivity index (χ1v) is 28.1. The Kier molecular flexibility index (Phi) is 12.7. The summed E-state index contributed by atoms with van der Waals surface area (Å²) in [6, 6.07) is 65.8. The molecule has 4 aliphatic rings. The van der Waals surface area contributed by atoms with Gasteiger partial charge in [-0.25, -0.2) is 0 Å². The lowest BCUT2D eigenvalue weighted by Gasteiger charge is -2.38. The Bertz CT molecular complexity index is 4350. The van der Waals surface area contributed by atoms with E-state index < -0.39 is 10.8 Å². The van der Waals surface area contributed by atoms with Crippen LogP contribution in [0.1, 0.15) is 116 Å². The van der Waals surface area contributed by atoms with Crippen molar-refractivity contribution in [3.63, 3.8) is 0 Å². The molecule has 386 valence electrons. The molecule has 0 saturated carbocycles. The van der Waals surface area contributed by atoms with Crippen molar-refractivity contribution >= 4 is 46.3 Å². The number of rotatable bonds is 9. The second-order valence-corrected chi connectivity index (χ2v) is 23.7. The summed E-state index contributed by atoms with van der Waals surface area (Å²) in [5, 5.41) is 41.7. The normalized spacial score (nSPS) is 17.1. The average Bonchev–Trinajstić information content (AvgIpc) is 4.25. The zero-order chi connectivity index (χ0) is 56.5.